The Bertz CT molecular complexity index is 1220. The molecule has 1 aromatic heterocycles. The van der Waals surface area contributed by atoms with Gasteiger partial charge in [0.25, 0.3) is 0 Å². The van der Waals surface area contributed by atoms with Gasteiger partial charge in [-0.15, -0.1) is 0 Å². The lowest BCUT2D eigenvalue weighted by Gasteiger charge is -2.15. The van der Waals surface area contributed by atoms with Gasteiger partial charge in [0.15, 0.2) is 0 Å². The van der Waals surface area contributed by atoms with Crippen LogP contribution in [0.3, 0.4) is 0 Å². The van der Waals surface area contributed by atoms with Crippen molar-refractivity contribution in [3.05, 3.63) is 83.5 Å². The van der Waals surface area contributed by atoms with E-state index in [1.54, 1.807) is 19.1 Å². The van der Waals surface area contributed by atoms with Crippen LogP contribution >= 0.6 is 11.6 Å². The van der Waals surface area contributed by atoms with Crippen molar-refractivity contribution in [2.75, 3.05) is 13.2 Å². The minimum absolute atomic E-state index is 0.368. The number of nitrogens with one attached hydrogen (secondary N) is 1. The lowest BCUT2D eigenvalue weighted by Crippen LogP contribution is -2.12. The van der Waals surface area contributed by atoms with E-state index in [-0.39, 0.29) is 0 Å². The summed E-state index contributed by atoms with van der Waals surface area (Å²) in [5, 5.41) is 11.0. The van der Waals surface area contributed by atoms with E-state index in [0.29, 0.717) is 24.7 Å². The third-order valence-corrected chi connectivity index (χ3v) is 5.55. The van der Waals surface area contributed by atoms with Crippen LogP contribution in [0, 0.1) is 5.92 Å². The zero-order chi connectivity index (χ0) is 22.5. The van der Waals surface area contributed by atoms with Crippen molar-refractivity contribution < 1.29 is 19.4 Å². The number of halogens is 1. The first kappa shape index (κ1) is 21.8. The molecule has 0 aliphatic rings. The Morgan fingerprint density at radius 3 is 2.56 bits per heavy atom. The second-order valence-corrected chi connectivity index (χ2v) is 8.14. The SMILES string of the molecule is CC(Cc1ccc(OCCOc2ccc(Cl)cc2)c(-c2ccc3[nH]ccc3c2)c1)C(=O)O. The third kappa shape index (κ3) is 5.24. The summed E-state index contributed by atoms with van der Waals surface area (Å²) in [7, 11) is 0. The maximum absolute atomic E-state index is 11.3. The molecule has 32 heavy (non-hydrogen) atoms. The lowest BCUT2D eigenvalue weighted by atomic mass is 9.96. The molecular weight excluding hydrogens is 426 g/mol. The number of fused-ring (bicyclic) bond motifs is 1. The molecule has 2 N–H and O–H groups in total. The highest BCUT2D eigenvalue weighted by molar-refractivity contribution is 6.30. The molecule has 0 saturated heterocycles. The van der Waals surface area contributed by atoms with E-state index >= 15 is 0 Å². The van der Waals surface area contributed by atoms with Crippen molar-refractivity contribution in [1.82, 2.24) is 4.98 Å². The van der Waals surface area contributed by atoms with E-state index in [1.807, 2.05) is 54.7 Å². The zero-order valence-corrected chi connectivity index (χ0v) is 18.4. The molecule has 0 amide bonds. The summed E-state index contributed by atoms with van der Waals surface area (Å²) in [4.78, 5) is 14.5. The summed E-state index contributed by atoms with van der Waals surface area (Å²) in [5.41, 5.74) is 3.95. The minimum Gasteiger partial charge on any atom is -0.490 e. The maximum Gasteiger partial charge on any atom is 0.306 e. The fourth-order valence-corrected chi connectivity index (χ4v) is 3.69. The first-order chi connectivity index (χ1) is 15.5. The number of H-pyrrole nitrogens is 1. The molecule has 1 atom stereocenters. The van der Waals surface area contributed by atoms with Gasteiger partial charge in [-0.05, 0) is 77.5 Å². The average molecular weight is 450 g/mol. The van der Waals surface area contributed by atoms with E-state index in [1.165, 1.54) is 0 Å². The monoisotopic (exact) mass is 449 g/mol. The molecule has 4 rings (SSSR count). The Morgan fingerprint density at radius 2 is 1.78 bits per heavy atom. The highest BCUT2D eigenvalue weighted by Gasteiger charge is 2.15. The Morgan fingerprint density at radius 1 is 1.00 bits per heavy atom. The van der Waals surface area contributed by atoms with Gasteiger partial charge in [-0.25, -0.2) is 0 Å². The Hall–Kier alpha value is -3.44. The third-order valence-electron chi connectivity index (χ3n) is 5.29. The molecule has 0 aliphatic heterocycles. The number of hydrogen-bond donors (Lipinski definition) is 2. The second kappa shape index (κ2) is 9.79. The first-order valence-electron chi connectivity index (χ1n) is 10.4. The maximum atomic E-state index is 11.3. The summed E-state index contributed by atoms with van der Waals surface area (Å²) in [6, 6.07) is 21.2. The standard InChI is InChI=1S/C26H24ClNO4/c1-17(26(29)30)14-18-2-9-25(32-13-12-31-22-6-4-21(27)5-7-22)23(15-18)19-3-8-24-20(16-19)10-11-28-24/h2-11,15-17,28H,12-14H2,1H3,(H,29,30). The van der Waals surface area contributed by atoms with Crippen LogP contribution in [0.5, 0.6) is 11.5 Å². The first-order valence-corrected chi connectivity index (χ1v) is 10.8. The zero-order valence-electron chi connectivity index (χ0n) is 17.7. The van der Waals surface area contributed by atoms with Gasteiger partial charge in [0.1, 0.15) is 24.7 Å². The molecule has 5 nitrogen and oxygen atoms in total. The molecule has 1 unspecified atom stereocenters. The Kier molecular flexibility index (Phi) is 6.66. The van der Waals surface area contributed by atoms with E-state index in [4.69, 9.17) is 21.1 Å². The number of carboxylic acids is 1. The number of aromatic amines is 1. The van der Waals surface area contributed by atoms with E-state index < -0.39 is 11.9 Å². The molecule has 0 radical (unpaired) electrons. The van der Waals surface area contributed by atoms with Crippen LogP contribution in [0.2, 0.25) is 5.02 Å². The fraction of sp³-hybridized carbons (Fsp3) is 0.192. The van der Waals surface area contributed by atoms with Crippen molar-refractivity contribution in [3.63, 3.8) is 0 Å². The van der Waals surface area contributed by atoms with E-state index in [2.05, 4.69) is 11.1 Å². The Balaban J connectivity index is 1.54. The number of benzene rings is 3. The lowest BCUT2D eigenvalue weighted by molar-refractivity contribution is -0.141. The van der Waals surface area contributed by atoms with Gasteiger partial charge in [-0.2, -0.15) is 0 Å². The quantitative estimate of drug-likeness (QED) is 0.298. The van der Waals surface area contributed by atoms with Crippen LogP contribution in [0.1, 0.15) is 12.5 Å². The van der Waals surface area contributed by atoms with Gasteiger partial charge in [0.2, 0.25) is 0 Å². The number of carboxylic acid groups (broad SMARTS) is 1. The van der Waals surface area contributed by atoms with Crippen molar-refractivity contribution >= 4 is 28.5 Å². The predicted octanol–water partition coefficient (Wildman–Crippen LogP) is 6.21. The number of aliphatic carboxylic acids is 1. The number of ether oxygens (including phenoxy) is 2. The smallest absolute Gasteiger partial charge is 0.306 e. The number of rotatable bonds is 9. The summed E-state index contributed by atoms with van der Waals surface area (Å²) in [6.45, 7) is 2.47. The highest BCUT2D eigenvalue weighted by Crippen LogP contribution is 2.33. The second-order valence-electron chi connectivity index (χ2n) is 7.70. The van der Waals surface area contributed by atoms with Gasteiger partial charge in [-0.3, -0.25) is 4.79 Å². The molecule has 0 fully saturated rings. The van der Waals surface area contributed by atoms with Crippen molar-refractivity contribution in [2.45, 2.75) is 13.3 Å². The molecule has 3 aromatic carbocycles. The van der Waals surface area contributed by atoms with E-state index in [0.717, 1.165) is 39.1 Å². The topological polar surface area (TPSA) is 71.5 Å². The molecular formula is C26H24ClNO4. The predicted molar refractivity (Wildman–Crippen MR) is 127 cm³/mol. The molecule has 0 bridgehead atoms. The average Bonchev–Trinajstić information content (AvgIpc) is 3.26. The van der Waals surface area contributed by atoms with Gasteiger partial charge in [-0.1, -0.05) is 30.7 Å². The van der Waals surface area contributed by atoms with Crippen LogP contribution in [0.4, 0.5) is 0 Å². The van der Waals surface area contributed by atoms with Gasteiger partial charge in [0.05, 0.1) is 5.92 Å². The van der Waals surface area contributed by atoms with Crippen LogP contribution in [0.25, 0.3) is 22.0 Å². The van der Waals surface area contributed by atoms with Crippen molar-refractivity contribution in [1.29, 1.82) is 0 Å². The van der Waals surface area contributed by atoms with Crippen LogP contribution in [-0.4, -0.2) is 29.3 Å². The Labute approximate surface area is 191 Å². The number of hydrogen-bond acceptors (Lipinski definition) is 3. The van der Waals surface area contributed by atoms with Crippen LogP contribution < -0.4 is 9.47 Å². The van der Waals surface area contributed by atoms with Crippen molar-refractivity contribution in [2.24, 2.45) is 5.92 Å². The van der Waals surface area contributed by atoms with Crippen LogP contribution in [0.15, 0.2) is 72.9 Å². The van der Waals surface area contributed by atoms with Gasteiger partial charge < -0.3 is 19.6 Å². The summed E-state index contributed by atoms with van der Waals surface area (Å²) in [5.74, 6) is 0.190. The van der Waals surface area contributed by atoms with Gasteiger partial charge >= 0.3 is 5.97 Å². The fourth-order valence-electron chi connectivity index (χ4n) is 3.56. The molecule has 6 heteroatoms. The molecule has 4 aromatic rings. The van der Waals surface area contributed by atoms with Crippen LogP contribution in [-0.2, 0) is 11.2 Å². The largest absolute Gasteiger partial charge is 0.490 e. The molecule has 164 valence electrons. The molecule has 0 spiro atoms. The number of aromatic nitrogens is 1. The van der Waals surface area contributed by atoms with Crippen molar-refractivity contribution in [3.8, 4) is 22.6 Å². The summed E-state index contributed by atoms with van der Waals surface area (Å²) in [6.07, 6.45) is 2.36. The summed E-state index contributed by atoms with van der Waals surface area (Å²) >= 11 is 5.90. The molecule has 0 aliphatic carbocycles. The number of carbonyl (C=O) groups is 1. The minimum atomic E-state index is -0.806. The highest BCUT2D eigenvalue weighted by atomic mass is 35.5. The van der Waals surface area contributed by atoms with E-state index in [9.17, 15) is 9.90 Å². The normalized spacial score (nSPS) is 11.9. The van der Waals surface area contributed by atoms with Gasteiger partial charge in [0, 0.05) is 22.3 Å². The molecule has 1 heterocycles. The summed E-state index contributed by atoms with van der Waals surface area (Å²) < 4.78 is 11.8. The molecule has 0 saturated carbocycles.